The fourth-order valence-electron chi connectivity index (χ4n) is 1.75. The van der Waals surface area contributed by atoms with E-state index in [1.807, 2.05) is 18.8 Å². The molecule has 2 rings (SSSR count). The van der Waals surface area contributed by atoms with E-state index in [-0.39, 0.29) is 0 Å². The summed E-state index contributed by atoms with van der Waals surface area (Å²) >= 11 is 1.73. The van der Waals surface area contributed by atoms with Crippen LogP contribution in [0.1, 0.15) is 12.8 Å². The topological polar surface area (TPSA) is 28.2 Å². The van der Waals surface area contributed by atoms with Gasteiger partial charge in [-0.1, -0.05) is 0 Å². The van der Waals surface area contributed by atoms with Gasteiger partial charge in [-0.2, -0.15) is 0 Å². The summed E-state index contributed by atoms with van der Waals surface area (Å²) in [5, 5.41) is 4.65. The fourth-order valence-corrected chi connectivity index (χ4v) is 2.44. The fraction of sp³-hybridized carbons (Fsp3) is 0.667. The van der Waals surface area contributed by atoms with E-state index in [0.29, 0.717) is 6.04 Å². The third-order valence-electron chi connectivity index (χ3n) is 2.63. The maximum Gasteiger partial charge on any atom is 0.111 e. The molecular formula is C9H15N3S. The summed E-state index contributed by atoms with van der Waals surface area (Å²) in [4.78, 5) is 6.52. The van der Waals surface area contributed by atoms with Crippen LogP contribution in [0.3, 0.4) is 0 Å². The highest BCUT2D eigenvalue weighted by molar-refractivity contribution is 7.13. The van der Waals surface area contributed by atoms with Crippen LogP contribution < -0.4 is 10.2 Å². The van der Waals surface area contributed by atoms with Crippen molar-refractivity contribution in [2.24, 2.45) is 0 Å². The molecule has 1 aliphatic heterocycles. The Morgan fingerprint density at radius 2 is 2.31 bits per heavy atom. The highest BCUT2D eigenvalue weighted by Crippen LogP contribution is 2.23. The second-order valence-electron chi connectivity index (χ2n) is 3.39. The maximum absolute atomic E-state index is 4.10. The minimum Gasteiger partial charge on any atom is -0.362 e. The molecule has 3 nitrogen and oxygen atoms in total. The molecule has 1 N–H and O–H groups in total. The van der Waals surface area contributed by atoms with E-state index in [0.717, 1.165) is 13.1 Å². The predicted molar refractivity (Wildman–Crippen MR) is 56.4 cm³/mol. The molecule has 0 aromatic carbocycles. The first-order chi connectivity index (χ1) is 6.40. The van der Waals surface area contributed by atoms with Gasteiger partial charge in [0.2, 0.25) is 0 Å². The number of rotatable bonds is 2. The first-order valence-electron chi connectivity index (χ1n) is 4.71. The summed E-state index contributed by atoms with van der Waals surface area (Å²) < 4.78 is 0. The average Bonchev–Trinajstić information content (AvgIpc) is 2.71. The van der Waals surface area contributed by atoms with E-state index in [1.54, 1.807) is 11.3 Å². The lowest BCUT2D eigenvalue weighted by molar-refractivity contribution is 0.443. The lowest BCUT2D eigenvalue weighted by Crippen LogP contribution is -2.40. The molecule has 1 aromatic heterocycles. The van der Waals surface area contributed by atoms with Gasteiger partial charge < -0.3 is 10.2 Å². The summed E-state index contributed by atoms with van der Waals surface area (Å²) in [6.45, 7) is 2.32. The zero-order chi connectivity index (χ0) is 9.10. The second kappa shape index (κ2) is 4.07. The Morgan fingerprint density at radius 1 is 1.54 bits per heavy atom. The minimum atomic E-state index is 0.712. The number of nitrogens with one attached hydrogen (secondary N) is 1. The second-order valence-corrected chi connectivity index (χ2v) is 4.25. The minimum absolute atomic E-state index is 0.712. The normalized spacial score (nSPS) is 19.3. The Bertz CT molecular complexity index is 239. The van der Waals surface area contributed by atoms with Crippen molar-refractivity contribution in [3.05, 3.63) is 11.7 Å². The van der Waals surface area contributed by atoms with Gasteiger partial charge in [-0.05, 0) is 19.9 Å². The van der Waals surface area contributed by atoms with Gasteiger partial charge in [0, 0.05) is 19.1 Å². The van der Waals surface area contributed by atoms with Gasteiger partial charge in [0.15, 0.2) is 0 Å². The first kappa shape index (κ1) is 8.97. The van der Waals surface area contributed by atoms with Crippen LogP contribution in [0.4, 0.5) is 5.00 Å². The van der Waals surface area contributed by atoms with Gasteiger partial charge in [-0.15, -0.1) is 11.3 Å². The van der Waals surface area contributed by atoms with E-state index >= 15 is 0 Å². The zero-order valence-electron chi connectivity index (χ0n) is 7.86. The van der Waals surface area contributed by atoms with Crippen LogP contribution in [-0.4, -0.2) is 31.2 Å². The number of nitrogens with zero attached hydrogens (tertiary/aromatic N) is 2. The maximum atomic E-state index is 4.10. The molecule has 2 heterocycles. The molecule has 0 unspecified atom stereocenters. The molecule has 4 heteroatoms. The van der Waals surface area contributed by atoms with E-state index in [2.05, 4.69) is 15.2 Å². The summed E-state index contributed by atoms with van der Waals surface area (Å²) in [5.74, 6) is 0. The van der Waals surface area contributed by atoms with Crippen molar-refractivity contribution in [1.82, 2.24) is 10.3 Å². The molecular weight excluding hydrogens is 182 g/mol. The molecule has 0 bridgehead atoms. The van der Waals surface area contributed by atoms with Gasteiger partial charge >= 0.3 is 0 Å². The van der Waals surface area contributed by atoms with Crippen LogP contribution in [0.2, 0.25) is 0 Å². The average molecular weight is 197 g/mol. The van der Waals surface area contributed by atoms with E-state index in [9.17, 15) is 0 Å². The highest BCUT2D eigenvalue weighted by atomic mass is 32.1. The summed E-state index contributed by atoms with van der Waals surface area (Å²) in [6, 6.07) is 0.712. The van der Waals surface area contributed by atoms with Crippen molar-refractivity contribution in [3.63, 3.8) is 0 Å². The van der Waals surface area contributed by atoms with Gasteiger partial charge in [0.1, 0.15) is 5.00 Å². The quantitative estimate of drug-likeness (QED) is 0.775. The van der Waals surface area contributed by atoms with Crippen LogP contribution in [0.15, 0.2) is 11.7 Å². The SMILES string of the molecule is CNC1CCN(c2cncs2)CC1. The first-order valence-corrected chi connectivity index (χ1v) is 5.59. The molecule has 72 valence electrons. The summed E-state index contributed by atoms with van der Waals surface area (Å²) in [6.07, 6.45) is 4.45. The molecule has 0 radical (unpaired) electrons. The lowest BCUT2D eigenvalue weighted by atomic mass is 10.1. The lowest BCUT2D eigenvalue weighted by Gasteiger charge is -2.31. The van der Waals surface area contributed by atoms with Gasteiger partial charge in [0.05, 0.1) is 11.7 Å². The summed E-state index contributed by atoms with van der Waals surface area (Å²) in [5.41, 5.74) is 1.90. The third-order valence-corrected chi connectivity index (χ3v) is 3.47. The Kier molecular flexibility index (Phi) is 2.80. The number of hydrogen-bond acceptors (Lipinski definition) is 4. The van der Waals surface area contributed by atoms with Crippen molar-refractivity contribution in [2.75, 3.05) is 25.0 Å². The van der Waals surface area contributed by atoms with Crippen LogP contribution in [0.25, 0.3) is 0 Å². The van der Waals surface area contributed by atoms with Crippen molar-refractivity contribution in [3.8, 4) is 0 Å². The number of aromatic nitrogens is 1. The Balaban J connectivity index is 1.92. The molecule has 0 spiro atoms. The van der Waals surface area contributed by atoms with Crippen LogP contribution >= 0.6 is 11.3 Å². The molecule has 1 aromatic rings. The highest BCUT2D eigenvalue weighted by Gasteiger charge is 2.18. The number of hydrogen-bond donors (Lipinski definition) is 1. The third kappa shape index (κ3) is 2.00. The van der Waals surface area contributed by atoms with Crippen molar-refractivity contribution in [1.29, 1.82) is 0 Å². The smallest absolute Gasteiger partial charge is 0.111 e. The molecule has 0 aliphatic carbocycles. The van der Waals surface area contributed by atoms with E-state index in [1.165, 1.54) is 17.8 Å². The summed E-state index contributed by atoms with van der Waals surface area (Å²) in [7, 11) is 2.05. The van der Waals surface area contributed by atoms with Gasteiger partial charge in [0.25, 0.3) is 0 Å². The van der Waals surface area contributed by atoms with Crippen LogP contribution in [0.5, 0.6) is 0 Å². The Labute approximate surface area is 82.8 Å². The standard InChI is InChI=1S/C9H15N3S/c1-10-8-2-4-12(5-3-8)9-6-11-7-13-9/h6-8,10H,2-5H2,1H3. The molecule has 1 aliphatic rings. The molecule has 0 atom stereocenters. The van der Waals surface area contributed by atoms with Crippen molar-refractivity contribution in [2.45, 2.75) is 18.9 Å². The van der Waals surface area contributed by atoms with Gasteiger partial charge in [-0.25, -0.2) is 0 Å². The van der Waals surface area contributed by atoms with Crippen LogP contribution in [-0.2, 0) is 0 Å². The molecule has 0 amide bonds. The largest absolute Gasteiger partial charge is 0.362 e. The number of piperidine rings is 1. The molecule has 0 saturated carbocycles. The van der Waals surface area contributed by atoms with E-state index in [4.69, 9.17) is 0 Å². The number of thiazole rings is 1. The van der Waals surface area contributed by atoms with Crippen molar-refractivity contribution < 1.29 is 0 Å². The van der Waals surface area contributed by atoms with Crippen LogP contribution in [0, 0.1) is 0 Å². The number of anilines is 1. The Hall–Kier alpha value is -0.610. The molecule has 13 heavy (non-hydrogen) atoms. The molecule has 1 saturated heterocycles. The monoisotopic (exact) mass is 197 g/mol. The predicted octanol–water partition coefficient (Wildman–Crippen LogP) is 1.33. The molecule has 1 fully saturated rings. The van der Waals surface area contributed by atoms with Gasteiger partial charge in [-0.3, -0.25) is 4.98 Å². The Morgan fingerprint density at radius 3 is 2.85 bits per heavy atom. The zero-order valence-corrected chi connectivity index (χ0v) is 8.68. The van der Waals surface area contributed by atoms with E-state index < -0.39 is 0 Å². The van der Waals surface area contributed by atoms with Crippen molar-refractivity contribution >= 4 is 16.3 Å².